The second-order valence-corrected chi connectivity index (χ2v) is 5.68. The topological polar surface area (TPSA) is 12.0 Å². The van der Waals surface area contributed by atoms with Gasteiger partial charge >= 0.3 is 0 Å². The Morgan fingerprint density at radius 1 is 1.07 bits per heavy atom. The third-order valence-corrected chi connectivity index (χ3v) is 3.78. The largest absolute Gasteiger partial charge is 0.314 e. The molecule has 0 aliphatic heterocycles. The van der Waals surface area contributed by atoms with Gasteiger partial charge in [0.25, 0.3) is 0 Å². The molecule has 0 amide bonds. The number of rotatable bonds is 6. The summed E-state index contributed by atoms with van der Waals surface area (Å²) in [5.41, 5.74) is 0. The highest BCUT2D eigenvalue weighted by molar-refractivity contribution is 4.75. The van der Waals surface area contributed by atoms with Gasteiger partial charge in [0.15, 0.2) is 0 Å². The van der Waals surface area contributed by atoms with E-state index in [2.05, 4.69) is 26.1 Å². The van der Waals surface area contributed by atoms with E-state index in [9.17, 15) is 0 Å². The molecule has 0 radical (unpaired) electrons. The maximum atomic E-state index is 3.71. The van der Waals surface area contributed by atoms with Gasteiger partial charge in [0.1, 0.15) is 0 Å². The minimum Gasteiger partial charge on any atom is -0.314 e. The molecule has 0 spiro atoms. The van der Waals surface area contributed by atoms with Gasteiger partial charge in [-0.1, -0.05) is 33.1 Å². The Morgan fingerprint density at radius 2 is 1.73 bits per heavy atom. The first-order valence-electron chi connectivity index (χ1n) is 6.93. The summed E-state index contributed by atoms with van der Waals surface area (Å²) in [5, 5.41) is 3.71. The molecule has 1 saturated carbocycles. The summed E-state index contributed by atoms with van der Waals surface area (Å²) in [6.07, 6.45) is 10.0. The molecule has 0 bridgehead atoms. The van der Waals surface area contributed by atoms with E-state index in [4.69, 9.17) is 0 Å². The molecular formula is C14H29N. The first-order chi connectivity index (χ1) is 7.20. The molecule has 0 aromatic rings. The quantitative estimate of drug-likeness (QED) is 0.655. The molecular weight excluding hydrogens is 182 g/mol. The molecule has 1 fully saturated rings. The van der Waals surface area contributed by atoms with Crippen molar-refractivity contribution in [3.63, 3.8) is 0 Å². The number of nitrogens with one attached hydrogen (secondary N) is 1. The van der Waals surface area contributed by atoms with Crippen molar-refractivity contribution < 1.29 is 0 Å². The molecule has 1 aliphatic carbocycles. The highest BCUT2D eigenvalue weighted by Crippen LogP contribution is 2.26. The SMILES string of the molecule is CC(C)CCCNC(C)C1CCCCC1. The van der Waals surface area contributed by atoms with Crippen LogP contribution in [-0.2, 0) is 0 Å². The third kappa shape index (κ3) is 5.55. The lowest BCUT2D eigenvalue weighted by atomic mass is 9.84. The van der Waals surface area contributed by atoms with Crippen LogP contribution in [0.5, 0.6) is 0 Å². The summed E-state index contributed by atoms with van der Waals surface area (Å²) in [4.78, 5) is 0. The smallest absolute Gasteiger partial charge is 0.00669 e. The fourth-order valence-electron chi connectivity index (χ4n) is 2.64. The Kier molecular flexibility index (Phi) is 6.31. The molecule has 15 heavy (non-hydrogen) atoms. The van der Waals surface area contributed by atoms with Gasteiger partial charge in [-0.3, -0.25) is 0 Å². The van der Waals surface area contributed by atoms with Gasteiger partial charge in [-0.25, -0.2) is 0 Å². The predicted octanol–water partition coefficient (Wildman–Crippen LogP) is 3.98. The Balaban J connectivity index is 2.04. The molecule has 1 heteroatoms. The van der Waals surface area contributed by atoms with E-state index < -0.39 is 0 Å². The Bertz CT molecular complexity index is 147. The maximum Gasteiger partial charge on any atom is 0.00669 e. The molecule has 1 atom stereocenters. The van der Waals surface area contributed by atoms with Crippen molar-refractivity contribution in [2.24, 2.45) is 11.8 Å². The first kappa shape index (κ1) is 13.0. The van der Waals surface area contributed by atoms with E-state index in [-0.39, 0.29) is 0 Å². The van der Waals surface area contributed by atoms with Gasteiger partial charge < -0.3 is 5.32 Å². The highest BCUT2D eigenvalue weighted by atomic mass is 14.9. The molecule has 1 unspecified atom stereocenters. The molecule has 0 saturated heterocycles. The van der Waals surface area contributed by atoms with E-state index >= 15 is 0 Å². The average Bonchev–Trinajstić information content (AvgIpc) is 2.25. The fourth-order valence-corrected chi connectivity index (χ4v) is 2.64. The summed E-state index contributed by atoms with van der Waals surface area (Å²) < 4.78 is 0. The van der Waals surface area contributed by atoms with Crippen molar-refractivity contribution in [2.75, 3.05) is 6.54 Å². The van der Waals surface area contributed by atoms with Crippen molar-refractivity contribution in [1.29, 1.82) is 0 Å². The van der Waals surface area contributed by atoms with E-state index in [1.807, 2.05) is 0 Å². The molecule has 90 valence electrons. The molecule has 1 nitrogen and oxygen atoms in total. The molecule has 0 heterocycles. The van der Waals surface area contributed by atoms with Gasteiger partial charge in [-0.2, -0.15) is 0 Å². The third-order valence-electron chi connectivity index (χ3n) is 3.78. The molecule has 1 aliphatic rings. The van der Waals surface area contributed by atoms with Crippen molar-refractivity contribution in [2.45, 2.75) is 71.8 Å². The predicted molar refractivity (Wildman–Crippen MR) is 68.1 cm³/mol. The second-order valence-electron chi connectivity index (χ2n) is 5.68. The van der Waals surface area contributed by atoms with Crippen LogP contribution in [0.15, 0.2) is 0 Å². The Labute approximate surface area is 96.0 Å². The van der Waals surface area contributed by atoms with Crippen LogP contribution >= 0.6 is 0 Å². The molecule has 1 rings (SSSR count). The van der Waals surface area contributed by atoms with Crippen LogP contribution in [-0.4, -0.2) is 12.6 Å². The summed E-state index contributed by atoms with van der Waals surface area (Å²) in [7, 11) is 0. The standard InChI is InChI=1S/C14H29N/c1-12(2)8-7-11-15-13(3)14-9-5-4-6-10-14/h12-15H,4-11H2,1-3H3. The zero-order valence-electron chi connectivity index (χ0n) is 10.9. The van der Waals surface area contributed by atoms with E-state index in [1.54, 1.807) is 0 Å². The second kappa shape index (κ2) is 7.27. The lowest BCUT2D eigenvalue weighted by molar-refractivity contribution is 0.280. The van der Waals surface area contributed by atoms with E-state index in [0.717, 1.165) is 17.9 Å². The molecule has 1 N–H and O–H groups in total. The van der Waals surface area contributed by atoms with Crippen LogP contribution in [0.3, 0.4) is 0 Å². The summed E-state index contributed by atoms with van der Waals surface area (Å²) in [6.45, 7) is 8.22. The van der Waals surface area contributed by atoms with Crippen LogP contribution in [0, 0.1) is 11.8 Å². The first-order valence-corrected chi connectivity index (χ1v) is 6.93. The van der Waals surface area contributed by atoms with Crippen molar-refractivity contribution in [3.05, 3.63) is 0 Å². The Morgan fingerprint density at radius 3 is 2.33 bits per heavy atom. The van der Waals surface area contributed by atoms with Gasteiger partial charge in [0.05, 0.1) is 0 Å². The van der Waals surface area contributed by atoms with Crippen molar-refractivity contribution in [1.82, 2.24) is 5.32 Å². The van der Waals surface area contributed by atoms with E-state index in [0.29, 0.717) is 0 Å². The zero-order chi connectivity index (χ0) is 11.1. The maximum absolute atomic E-state index is 3.71. The highest BCUT2D eigenvalue weighted by Gasteiger charge is 2.18. The van der Waals surface area contributed by atoms with Crippen LogP contribution in [0.1, 0.15) is 65.7 Å². The number of hydrogen-bond acceptors (Lipinski definition) is 1. The zero-order valence-corrected chi connectivity index (χ0v) is 10.9. The monoisotopic (exact) mass is 211 g/mol. The van der Waals surface area contributed by atoms with Crippen molar-refractivity contribution in [3.8, 4) is 0 Å². The molecule has 0 aromatic heterocycles. The van der Waals surface area contributed by atoms with Gasteiger partial charge in [-0.15, -0.1) is 0 Å². The minimum absolute atomic E-state index is 0.748. The Hall–Kier alpha value is -0.0400. The van der Waals surface area contributed by atoms with Crippen molar-refractivity contribution >= 4 is 0 Å². The van der Waals surface area contributed by atoms with E-state index in [1.165, 1.54) is 51.5 Å². The van der Waals surface area contributed by atoms with Gasteiger partial charge in [0.2, 0.25) is 0 Å². The fraction of sp³-hybridized carbons (Fsp3) is 1.00. The number of hydrogen-bond donors (Lipinski definition) is 1. The van der Waals surface area contributed by atoms with Gasteiger partial charge in [-0.05, 0) is 51.0 Å². The van der Waals surface area contributed by atoms with Crippen LogP contribution in [0.4, 0.5) is 0 Å². The average molecular weight is 211 g/mol. The minimum atomic E-state index is 0.748. The molecule has 0 aromatic carbocycles. The summed E-state index contributed by atoms with van der Waals surface area (Å²) in [6, 6.07) is 0.748. The van der Waals surface area contributed by atoms with Crippen LogP contribution in [0.25, 0.3) is 0 Å². The lowest BCUT2D eigenvalue weighted by Gasteiger charge is -2.28. The lowest BCUT2D eigenvalue weighted by Crippen LogP contribution is -2.35. The van der Waals surface area contributed by atoms with Crippen LogP contribution in [0.2, 0.25) is 0 Å². The normalized spacial score (nSPS) is 20.8. The van der Waals surface area contributed by atoms with Gasteiger partial charge in [0, 0.05) is 6.04 Å². The summed E-state index contributed by atoms with van der Waals surface area (Å²) in [5.74, 6) is 1.81. The van der Waals surface area contributed by atoms with Crippen LogP contribution < -0.4 is 5.32 Å². The summed E-state index contributed by atoms with van der Waals surface area (Å²) >= 11 is 0.